The van der Waals surface area contributed by atoms with Gasteiger partial charge in [-0.2, -0.15) is 0 Å². The van der Waals surface area contributed by atoms with Crippen molar-refractivity contribution < 1.29 is 27.1 Å². The average molecular weight is 496 g/mol. The summed E-state index contributed by atoms with van der Waals surface area (Å²) in [6.07, 6.45) is 1.64. The van der Waals surface area contributed by atoms with Gasteiger partial charge in [0.15, 0.2) is 0 Å². The Morgan fingerprint density at radius 3 is 2.47 bits per heavy atom. The molecule has 0 aliphatic heterocycles. The summed E-state index contributed by atoms with van der Waals surface area (Å²) >= 11 is 0. The van der Waals surface area contributed by atoms with Crippen molar-refractivity contribution in [3.63, 3.8) is 0 Å². The van der Waals surface area contributed by atoms with Crippen LogP contribution in [-0.2, 0) is 31.5 Å². The molecule has 34 heavy (non-hydrogen) atoms. The van der Waals surface area contributed by atoms with Crippen molar-refractivity contribution >= 4 is 21.6 Å². The van der Waals surface area contributed by atoms with Crippen LogP contribution in [0, 0.1) is 5.82 Å². The third-order valence-electron chi connectivity index (χ3n) is 5.07. The van der Waals surface area contributed by atoms with Crippen LogP contribution in [0.15, 0.2) is 30.3 Å². The fraction of sp³-hybridized carbons (Fsp3) is 0.500. The Labute approximate surface area is 201 Å². The lowest BCUT2D eigenvalue weighted by Gasteiger charge is -2.20. The first-order valence-corrected chi connectivity index (χ1v) is 12.9. The van der Waals surface area contributed by atoms with Crippen LogP contribution in [0.1, 0.15) is 56.9 Å². The number of methoxy groups -OCH3 is 1. The van der Waals surface area contributed by atoms with Crippen LogP contribution >= 0.6 is 0 Å². The van der Waals surface area contributed by atoms with E-state index in [9.17, 15) is 17.6 Å². The average Bonchev–Trinajstić information content (AvgIpc) is 2.74. The monoisotopic (exact) mass is 495 g/mol. The molecule has 1 amide bonds. The predicted octanol–water partition coefficient (Wildman–Crippen LogP) is 3.72. The molecule has 1 aromatic heterocycles. The maximum Gasteiger partial charge on any atom is 0.229 e. The van der Waals surface area contributed by atoms with E-state index in [0.29, 0.717) is 31.1 Å². The van der Waals surface area contributed by atoms with Crippen LogP contribution in [0.4, 0.5) is 10.1 Å². The molecule has 0 aliphatic carbocycles. The van der Waals surface area contributed by atoms with Gasteiger partial charge in [-0.3, -0.25) is 9.52 Å². The van der Waals surface area contributed by atoms with Gasteiger partial charge in [0, 0.05) is 43.4 Å². The number of hydrogen-bond acceptors (Lipinski definition) is 6. The van der Waals surface area contributed by atoms with Crippen molar-refractivity contribution in [1.29, 1.82) is 0 Å². The van der Waals surface area contributed by atoms with Gasteiger partial charge in [0.25, 0.3) is 0 Å². The summed E-state index contributed by atoms with van der Waals surface area (Å²) in [7, 11) is -1.98. The molecule has 1 heterocycles. The van der Waals surface area contributed by atoms with Crippen LogP contribution in [0.3, 0.4) is 0 Å². The SMILES string of the molecule is COCCCOc1nc(C(C)(C)C)ccc1CNC(=O)C(C)c1ccc(NS(C)(=O)=O)c(F)c1. The van der Waals surface area contributed by atoms with Gasteiger partial charge in [-0.25, -0.2) is 17.8 Å². The minimum atomic E-state index is -3.61. The number of ether oxygens (including phenoxy) is 2. The molecule has 0 aliphatic rings. The van der Waals surface area contributed by atoms with E-state index in [2.05, 4.69) is 35.8 Å². The van der Waals surface area contributed by atoms with Gasteiger partial charge < -0.3 is 14.8 Å². The predicted molar refractivity (Wildman–Crippen MR) is 130 cm³/mol. The number of hydrogen-bond donors (Lipinski definition) is 2. The molecular weight excluding hydrogens is 461 g/mol. The minimum Gasteiger partial charge on any atom is -0.477 e. The molecule has 10 heteroatoms. The third kappa shape index (κ3) is 8.25. The Bertz CT molecular complexity index is 1100. The molecule has 0 saturated carbocycles. The maximum absolute atomic E-state index is 14.3. The van der Waals surface area contributed by atoms with Crippen molar-refractivity contribution in [2.75, 3.05) is 31.3 Å². The summed E-state index contributed by atoms with van der Waals surface area (Å²) in [4.78, 5) is 17.4. The second kappa shape index (κ2) is 11.6. The quantitative estimate of drug-likeness (QED) is 0.460. The summed E-state index contributed by atoms with van der Waals surface area (Å²) in [5.41, 5.74) is 1.69. The molecule has 2 N–H and O–H groups in total. The number of nitrogens with zero attached hydrogens (tertiary/aromatic N) is 1. The van der Waals surface area contributed by atoms with Crippen molar-refractivity contribution in [3.05, 3.63) is 53.0 Å². The molecule has 0 spiro atoms. The highest BCUT2D eigenvalue weighted by Crippen LogP contribution is 2.26. The van der Waals surface area contributed by atoms with E-state index in [0.717, 1.165) is 23.6 Å². The fourth-order valence-electron chi connectivity index (χ4n) is 3.09. The number of nitrogens with one attached hydrogen (secondary N) is 2. The molecule has 0 radical (unpaired) electrons. The highest BCUT2D eigenvalue weighted by Gasteiger charge is 2.21. The van der Waals surface area contributed by atoms with Gasteiger partial charge in [0.2, 0.25) is 21.8 Å². The summed E-state index contributed by atoms with van der Waals surface area (Å²) in [6, 6.07) is 7.77. The molecule has 188 valence electrons. The Morgan fingerprint density at radius 2 is 1.88 bits per heavy atom. The number of sulfonamides is 1. The van der Waals surface area contributed by atoms with Gasteiger partial charge in [0.1, 0.15) is 5.82 Å². The largest absolute Gasteiger partial charge is 0.477 e. The molecule has 8 nitrogen and oxygen atoms in total. The highest BCUT2D eigenvalue weighted by molar-refractivity contribution is 7.92. The van der Waals surface area contributed by atoms with E-state index in [1.165, 1.54) is 12.1 Å². The number of amides is 1. The van der Waals surface area contributed by atoms with E-state index in [-0.39, 0.29) is 23.6 Å². The first kappa shape index (κ1) is 27.5. The van der Waals surface area contributed by atoms with Crippen molar-refractivity contribution in [1.82, 2.24) is 10.3 Å². The van der Waals surface area contributed by atoms with E-state index < -0.39 is 21.8 Å². The van der Waals surface area contributed by atoms with Crippen LogP contribution in [0.5, 0.6) is 5.88 Å². The number of pyridine rings is 1. The molecular formula is C24H34FN3O5S. The Hall–Kier alpha value is -2.72. The third-order valence-corrected chi connectivity index (χ3v) is 5.66. The van der Waals surface area contributed by atoms with Crippen LogP contribution in [0.2, 0.25) is 0 Å². The van der Waals surface area contributed by atoms with Crippen molar-refractivity contribution in [2.45, 2.75) is 52.0 Å². The standard InChI is InChI=1S/C24H34FN3O5S/c1-16(17-8-10-20(19(25)14-17)28-34(6,30)31)22(29)26-15-18-9-11-21(24(2,3)4)27-23(18)33-13-7-12-32-5/h8-11,14,16,28H,7,12-13,15H2,1-6H3,(H,26,29). The molecule has 2 aromatic rings. The second-order valence-corrected chi connectivity index (χ2v) is 10.9. The van der Waals surface area contributed by atoms with Crippen molar-refractivity contribution in [2.24, 2.45) is 0 Å². The summed E-state index contributed by atoms with van der Waals surface area (Å²) in [6.45, 7) is 9.01. The van der Waals surface area contributed by atoms with Crippen molar-refractivity contribution in [3.8, 4) is 5.88 Å². The van der Waals surface area contributed by atoms with E-state index in [1.807, 2.05) is 12.1 Å². The lowest BCUT2D eigenvalue weighted by molar-refractivity contribution is -0.122. The summed E-state index contributed by atoms with van der Waals surface area (Å²) in [5.74, 6) is -1.27. The Morgan fingerprint density at radius 1 is 1.18 bits per heavy atom. The minimum absolute atomic E-state index is 0.164. The molecule has 1 atom stereocenters. The molecule has 1 aromatic carbocycles. The molecule has 0 fully saturated rings. The fourth-order valence-corrected chi connectivity index (χ4v) is 3.65. The number of aromatic nitrogens is 1. The number of carbonyl (C=O) groups is 1. The van der Waals surface area contributed by atoms with E-state index in [1.54, 1.807) is 14.0 Å². The molecule has 0 bridgehead atoms. The molecule has 1 unspecified atom stereocenters. The normalized spacial score (nSPS) is 12.8. The van der Waals surface area contributed by atoms with Gasteiger partial charge in [-0.15, -0.1) is 0 Å². The number of rotatable bonds is 11. The zero-order valence-electron chi connectivity index (χ0n) is 20.6. The second-order valence-electron chi connectivity index (χ2n) is 9.16. The number of anilines is 1. The maximum atomic E-state index is 14.3. The lowest BCUT2D eigenvalue weighted by Crippen LogP contribution is -2.28. The zero-order chi connectivity index (χ0) is 25.5. The van der Waals surface area contributed by atoms with Crippen LogP contribution in [-0.4, -0.2) is 45.9 Å². The first-order valence-electron chi connectivity index (χ1n) is 11.0. The number of halogens is 1. The number of benzene rings is 1. The molecule has 2 rings (SSSR count). The number of carbonyl (C=O) groups excluding carboxylic acids is 1. The van der Waals surface area contributed by atoms with Gasteiger partial charge >= 0.3 is 0 Å². The molecule has 0 saturated heterocycles. The topological polar surface area (TPSA) is 107 Å². The van der Waals surface area contributed by atoms with Gasteiger partial charge in [0.05, 0.1) is 24.5 Å². The first-order chi connectivity index (χ1) is 15.8. The zero-order valence-corrected chi connectivity index (χ0v) is 21.4. The summed E-state index contributed by atoms with van der Waals surface area (Å²) in [5, 5.41) is 2.85. The Balaban J connectivity index is 2.12. The Kier molecular flexibility index (Phi) is 9.40. The van der Waals surface area contributed by atoms with E-state index in [4.69, 9.17) is 9.47 Å². The van der Waals surface area contributed by atoms with Crippen LogP contribution in [0.25, 0.3) is 0 Å². The van der Waals surface area contributed by atoms with E-state index >= 15 is 0 Å². The highest BCUT2D eigenvalue weighted by atomic mass is 32.2. The summed E-state index contributed by atoms with van der Waals surface area (Å²) < 4.78 is 50.0. The van der Waals surface area contributed by atoms with Gasteiger partial charge in [-0.05, 0) is 30.7 Å². The smallest absolute Gasteiger partial charge is 0.229 e. The van der Waals surface area contributed by atoms with Gasteiger partial charge in [-0.1, -0.05) is 32.9 Å². The van der Waals surface area contributed by atoms with Crippen LogP contribution < -0.4 is 14.8 Å². The lowest BCUT2D eigenvalue weighted by atomic mass is 9.91.